The Kier molecular flexibility index (Phi) is 5.24. The zero-order valence-electron chi connectivity index (χ0n) is 11.1. The minimum absolute atomic E-state index is 0.112. The van der Waals surface area contributed by atoms with Crippen molar-refractivity contribution >= 4 is 31.3 Å². The van der Waals surface area contributed by atoms with Crippen LogP contribution in [0, 0.1) is 21.8 Å². The maximum absolute atomic E-state index is 13.7. The predicted octanol–water partition coefficient (Wildman–Crippen LogP) is 2.05. The van der Waals surface area contributed by atoms with E-state index in [2.05, 4.69) is 5.32 Å². The number of nitrogens with zero attached hydrogens (tertiary/aromatic N) is 1. The Labute approximate surface area is 124 Å². The Morgan fingerprint density at radius 1 is 1.48 bits per heavy atom. The lowest BCUT2D eigenvalue weighted by atomic mass is 10.1. The van der Waals surface area contributed by atoms with Gasteiger partial charge < -0.3 is 5.32 Å². The molecule has 21 heavy (non-hydrogen) atoms. The highest BCUT2D eigenvalue weighted by molar-refractivity contribution is 8.13. The van der Waals surface area contributed by atoms with Crippen molar-refractivity contribution in [1.82, 2.24) is 5.32 Å². The summed E-state index contributed by atoms with van der Waals surface area (Å²) in [6.45, 7) is 3.91. The lowest BCUT2D eigenvalue weighted by Gasteiger charge is -2.09. The molecule has 0 heterocycles. The van der Waals surface area contributed by atoms with Crippen molar-refractivity contribution in [3.63, 3.8) is 0 Å². The minimum atomic E-state index is -4.56. The smallest absolute Gasteiger partial charge is 0.307 e. The van der Waals surface area contributed by atoms with Gasteiger partial charge in [-0.2, -0.15) is 4.39 Å². The average Bonchev–Trinajstić information content (AvgIpc) is 2.34. The summed E-state index contributed by atoms with van der Waals surface area (Å²) in [7, 11) is 0.459. The number of nitro benzene ring substituents is 1. The first-order chi connectivity index (χ1) is 9.54. The van der Waals surface area contributed by atoms with Gasteiger partial charge in [0.15, 0.2) is 0 Å². The number of halogens is 2. The van der Waals surface area contributed by atoms with Gasteiger partial charge in [0.1, 0.15) is 4.90 Å². The Balaban J connectivity index is 3.38. The molecule has 0 bridgehead atoms. The fourth-order valence-corrected chi connectivity index (χ4v) is 2.35. The summed E-state index contributed by atoms with van der Waals surface area (Å²) in [5, 5.41) is 13.2. The maximum atomic E-state index is 13.7. The van der Waals surface area contributed by atoms with Crippen molar-refractivity contribution in [3.05, 3.63) is 33.6 Å². The van der Waals surface area contributed by atoms with Crippen LogP contribution in [-0.2, 0) is 9.05 Å². The van der Waals surface area contributed by atoms with Crippen LogP contribution in [0.3, 0.4) is 0 Å². The van der Waals surface area contributed by atoms with Gasteiger partial charge in [-0.25, -0.2) is 8.42 Å². The number of hydrogen-bond acceptors (Lipinski definition) is 5. The molecule has 0 radical (unpaired) electrons. The van der Waals surface area contributed by atoms with E-state index >= 15 is 0 Å². The number of carbonyl (C=O) groups excluding carboxylic acids is 1. The third-order valence-electron chi connectivity index (χ3n) is 2.41. The molecule has 1 N–H and O–H groups in total. The number of nitro groups is 1. The molecule has 0 aromatic heterocycles. The third kappa shape index (κ3) is 4.36. The summed E-state index contributed by atoms with van der Waals surface area (Å²) < 4.78 is 36.2. The van der Waals surface area contributed by atoms with Gasteiger partial charge in [-0.1, -0.05) is 13.8 Å². The van der Waals surface area contributed by atoms with E-state index in [0.29, 0.717) is 12.1 Å². The average molecular weight is 339 g/mol. The van der Waals surface area contributed by atoms with Crippen molar-refractivity contribution in [2.24, 2.45) is 5.92 Å². The third-order valence-corrected chi connectivity index (χ3v) is 3.73. The summed E-state index contributed by atoms with van der Waals surface area (Å²) in [5.41, 5.74) is -1.49. The SMILES string of the molecule is CC(C)CNC(=O)c1cc([N+](=O)[O-])c(F)c(S(=O)(=O)Cl)c1. The molecule has 1 aromatic carbocycles. The van der Waals surface area contributed by atoms with Gasteiger partial charge in [-0.05, 0) is 12.0 Å². The van der Waals surface area contributed by atoms with E-state index in [9.17, 15) is 27.7 Å². The van der Waals surface area contributed by atoms with Crippen molar-refractivity contribution in [3.8, 4) is 0 Å². The molecule has 1 amide bonds. The van der Waals surface area contributed by atoms with E-state index in [4.69, 9.17) is 10.7 Å². The summed E-state index contributed by atoms with van der Waals surface area (Å²) >= 11 is 0. The molecule has 0 saturated heterocycles. The van der Waals surface area contributed by atoms with E-state index < -0.39 is 36.3 Å². The molecular formula is C11H12ClFN2O5S. The zero-order valence-corrected chi connectivity index (χ0v) is 12.7. The number of hydrogen-bond donors (Lipinski definition) is 1. The van der Waals surface area contributed by atoms with Crippen molar-refractivity contribution in [2.45, 2.75) is 18.7 Å². The molecular weight excluding hydrogens is 327 g/mol. The summed E-state index contributed by atoms with van der Waals surface area (Å²) in [4.78, 5) is 20.3. The summed E-state index contributed by atoms with van der Waals surface area (Å²) in [5.74, 6) is -2.25. The van der Waals surface area contributed by atoms with Crippen LogP contribution in [0.4, 0.5) is 10.1 Å². The number of benzene rings is 1. The molecule has 0 aliphatic carbocycles. The molecule has 0 atom stereocenters. The fraction of sp³-hybridized carbons (Fsp3) is 0.364. The largest absolute Gasteiger partial charge is 0.352 e. The number of carbonyl (C=O) groups is 1. The van der Waals surface area contributed by atoms with E-state index in [0.717, 1.165) is 0 Å². The summed E-state index contributed by atoms with van der Waals surface area (Å²) in [6.07, 6.45) is 0. The highest BCUT2D eigenvalue weighted by Gasteiger charge is 2.28. The van der Waals surface area contributed by atoms with Crippen molar-refractivity contribution < 1.29 is 22.5 Å². The molecule has 1 rings (SSSR count). The number of amides is 1. The topological polar surface area (TPSA) is 106 Å². The lowest BCUT2D eigenvalue weighted by molar-refractivity contribution is -0.387. The number of rotatable bonds is 5. The molecule has 0 fully saturated rings. The van der Waals surface area contributed by atoms with Gasteiger partial charge in [0.2, 0.25) is 5.82 Å². The minimum Gasteiger partial charge on any atom is -0.352 e. The van der Waals surface area contributed by atoms with Crippen molar-refractivity contribution in [1.29, 1.82) is 0 Å². The van der Waals surface area contributed by atoms with Crippen LogP contribution in [0.5, 0.6) is 0 Å². The molecule has 10 heteroatoms. The Hall–Kier alpha value is -1.74. The van der Waals surface area contributed by atoms with Gasteiger partial charge >= 0.3 is 5.69 Å². The van der Waals surface area contributed by atoms with Gasteiger partial charge in [0.05, 0.1) is 4.92 Å². The first-order valence-corrected chi connectivity index (χ1v) is 8.05. The van der Waals surface area contributed by atoms with Crippen LogP contribution >= 0.6 is 10.7 Å². The van der Waals surface area contributed by atoms with E-state index in [1.54, 1.807) is 0 Å². The van der Waals surface area contributed by atoms with E-state index in [1.807, 2.05) is 13.8 Å². The fourth-order valence-electron chi connectivity index (χ4n) is 1.42. The summed E-state index contributed by atoms with van der Waals surface area (Å²) in [6, 6.07) is 1.33. The van der Waals surface area contributed by atoms with Crippen LogP contribution < -0.4 is 5.32 Å². The Morgan fingerprint density at radius 2 is 2.05 bits per heavy atom. The first kappa shape index (κ1) is 17.3. The standard InChI is InChI=1S/C11H12ClFN2O5S/c1-6(2)5-14-11(16)7-3-8(15(17)18)10(13)9(4-7)21(12,19)20/h3-4,6H,5H2,1-2H3,(H,14,16). The molecule has 0 aliphatic rings. The van der Waals surface area contributed by atoms with E-state index in [-0.39, 0.29) is 18.0 Å². The Morgan fingerprint density at radius 3 is 2.48 bits per heavy atom. The highest BCUT2D eigenvalue weighted by Crippen LogP contribution is 2.28. The highest BCUT2D eigenvalue weighted by atomic mass is 35.7. The zero-order chi connectivity index (χ0) is 16.4. The van der Waals surface area contributed by atoms with Crippen LogP contribution in [0.15, 0.2) is 17.0 Å². The quantitative estimate of drug-likeness (QED) is 0.502. The molecule has 116 valence electrons. The number of nitrogens with one attached hydrogen (secondary N) is 1. The molecule has 0 unspecified atom stereocenters. The molecule has 7 nitrogen and oxygen atoms in total. The molecule has 0 spiro atoms. The van der Waals surface area contributed by atoms with Crippen LogP contribution in [-0.4, -0.2) is 25.8 Å². The van der Waals surface area contributed by atoms with Gasteiger partial charge in [-0.15, -0.1) is 0 Å². The molecule has 0 saturated carbocycles. The second-order valence-corrected chi connectivity index (χ2v) is 7.14. The molecule has 0 aliphatic heterocycles. The Bertz CT molecular complexity index is 690. The van der Waals surface area contributed by atoms with Crippen LogP contribution in [0.25, 0.3) is 0 Å². The van der Waals surface area contributed by atoms with Crippen LogP contribution in [0.1, 0.15) is 24.2 Å². The van der Waals surface area contributed by atoms with Crippen LogP contribution in [0.2, 0.25) is 0 Å². The van der Waals surface area contributed by atoms with Gasteiger partial charge in [0.25, 0.3) is 15.0 Å². The van der Waals surface area contributed by atoms with E-state index in [1.165, 1.54) is 0 Å². The monoisotopic (exact) mass is 338 g/mol. The van der Waals surface area contributed by atoms with Gasteiger partial charge in [-0.3, -0.25) is 14.9 Å². The maximum Gasteiger partial charge on any atom is 0.307 e. The lowest BCUT2D eigenvalue weighted by Crippen LogP contribution is -2.27. The second kappa shape index (κ2) is 6.35. The van der Waals surface area contributed by atoms with Gasteiger partial charge in [0, 0.05) is 28.9 Å². The van der Waals surface area contributed by atoms with Crippen molar-refractivity contribution in [2.75, 3.05) is 6.54 Å². The predicted molar refractivity (Wildman–Crippen MR) is 73.3 cm³/mol. The molecule has 1 aromatic rings. The first-order valence-electron chi connectivity index (χ1n) is 5.74. The second-order valence-electron chi connectivity index (χ2n) is 4.61. The normalized spacial score (nSPS) is 11.5.